The first kappa shape index (κ1) is 46.8. The molecule has 3 rings (SSSR count). The number of hydrogen-bond acceptors (Lipinski definition) is 10. The summed E-state index contributed by atoms with van der Waals surface area (Å²) in [6.07, 6.45) is 9.50. The van der Waals surface area contributed by atoms with Crippen LogP contribution in [0, 0.1) is 0 Å². The smallest absolute Gasteiger partial charge is 0.181 e. The Morgan fingerprint density at radius 1 is 0.706 bits per heavy atom. The molecule has 0 aliphatic heterocycles. The van der Waals surface area contributed by atoms with Crippen LogP contribution in [0.2, 0.25) is 15.1 Å². The van der Waals surface area contributed by atoms with Crippen molar-refractivity contribution in [3.63, 3.8) is 0 Å². The lowest BCUT2D eigenvalue weighted by atomic mass is 10.1. The summed E-state index contributed by atoms with van der Waals surface area (Å²) < 4.78 is 5.06. The normalized spacial score (nSPS) is 10.8. The number of ketones is 5. The molecule has 0 saturated carbocycles. The van der Waals surface area contributed by atoms with Gasteiger partial charge in [0.1, 0.15) is 23.4 Å². The molecule has 3 aromatic heterocycles. The minimum absolute atomic E-state index is 0.00130. The van der Waals surface area contributed by atoms with Gasteiger partial charge < -0.3 is 9.53 Å². The van der Waals surface area contributed by atoms with Crippen LogP contribution < -0.4 is 0 Å². The Labute approximate surface area is 314 Å². The number of aldehydes is 1. The zero-order chi connectivity index (χ0) is 38.9. The molecule has 13 heteroatoms. The van der Waals surface area contributed by atoms with Crippen molar-refractivity contribution in [2.24, 2.45) is 0 Å². The zero-order valence-corrected chi connectivity index (χ0v) is 32.0. The summed E-state index contributed by atoms with van der Waals surface area (Å²) in [5.41, 5.74) is 2.40. The highest BCUT2D eigenvalue weighted by atomic mass is 35.5. The Kier molecular flexibility index (Phi) is 24.4. The van der Waals surface area contributed by atoms with Gasteiger partial charge in [0, 0.05) is 66.5 Å². The van der Waals surface area contributed by atoms with Gasteiger partial charge in [0.05, 0.1) is 6.10 Å². The molecule has 0 aliphatic carbocycles. The van der Waals surface area contributed by atoms with E-state index in [-0.39, 0.29) is 47.9 Å². The number of carbonyl (C=O) groups is 6. The van der Waals surface area contributed by atoms with E-state index < -0.39 is 0 Å². The molecule has 0 N–H and O–H groups in total. The van der Waals surface area contributed by atoms with E-state index in [0.29, 0.717) is 75.3 Å². The SMILES string of the molecule is C=C(C)C(C)=O.CC(=O)/C(C)=C/CCC(=O)c1cc(Cl)ccn1.COC(C)CCC(=O)c1cc(Cl)ccn1.O=CCCC(=O)c1cc(Cl)ccn1. The minimum Gasteiger partial charge on any atom is -0.382 e. The molecule has 1 unspecified atom stereocenters. The summed E-state index contributed by atoms with van der Waals surface area (Å²) in [6, 6.07) is 9.49. The fraction of sp³-hybridized carbons (Fsp3) is 0.342. The molecule has 0 aromatic carbocycles. The number of hydrogen-bond donors (Lipinski definition) is 0. The van der Waals surface area contributed by atoms with Gasteiger partial charge in [-0.2, -0.15) is 0 Å². The van der Waals surface area contributed by atoms with E-state index in [9.17, 15) is 28.8 Å². The van der Waals surface area contributed by atoms with Crippen molar-refractivity contribution < 1.29 is 33.5 Å². The van der Waals surface area contributed by atoms with Gasteiger partial charge in [-0.15, -0.1) is 0 Å². The van der Waals surface area contributed by atoms with E-state index in [2.05, 4.69) is 21.5 Å². The van der Waals surface area contributed by atoms with E-state index in [0.717, 1.165) is 0 Å². The predicted octanol–water partition coefficient (Wildman–Crippen LogP) is 9.01. The monoisotopic (exact) mass is 759 g/mol. The van der Waals surface area contributed by atoms with Crippen molar-refractivity contribution in [2.45, 2.75) is 79.2 Å². The highest BCUT2D eigenvalue weighted by Crippen LogP contribution is 2.13. The van der Waals surface area contributed by atoms with Crippen molar-refractivity contribution in [3.05, 3.63) is 111 Å². The third kappa shape index (κ3) is 22.3. The first-order chi connectivity index (χ1) is 24.0. The number of allylic oxidation sites excluding steroid dienone is 3. The lowest BCUT2D eigenvalue weighted by Gasteiger charge is -2.07. The van der Waals surface area contributed by atoms with Gasteiger partial charge in [-0.05, 0) is 95.0 Å². The van der Waals surface area contributed by atoms with Gasteiger partial charge in [-0.1, -0.05) is 47.5 Å². The van der Waals surface area contributed by atoms with Crippen LogP contribution in [-0.2, 0) is 19.1 Å². The summed E-state index contributed by atoms with van der Waals surface area (Å²) in [7, 11) is 1.63. The summed E-state index contributed by atoms with van der Waals surface area (Å²) in [4.78, 5) is 77.4. The molecule has 274 valence electrons. The first-order valence-corrected chi connectivity index (χ1v) is 16.9. The second-order valence-corrected chi connectivity index (χ2v) is 12.3. The Hall–Kier alpha value is -4.22. The first-order valence-electron chi connectivity index (χ1n) is 15.8. The lowest BCUT2D eigenvalue weighted by Crippen LogP contribution is -2.09. The molecule has 0 radical (unpaired) electrons. The van der Waals surface area contributed by atoms with Crippen molar-refractivity contribution >= 4 is 70.0 Å². The predicted molar refractivity (Wildman–Crippen MR) is 201 cm³/mol. The van der Waals surface area contributed by atoms with E-state index in [1.807, 2.05) is 6.92 Å². The maximum atomic E-state index is 11.7. The molecule has 0 saturated heterocycles. The summed E-state index contributed by atoms with van der Waals surface area (Å²) in [5.74, 6) is -0.135. The standard InChI is InChI=1S/C13H14ClNO2.C11H14ClNO2.C9H8ClNO2.C5H8O/c1-9(10(2)16)4-3-5-13(17)12-8-11(14)6-7-15-12;1-8(15-2)3-4-11(14)10-7-9(12)5-6-13-10;10-7-3-4-11-8(6-7)9(13)2-1-5-12;1-4(2)5(3)6/h4,6-8H,3,5H2,1-2H3;5-8H,3-4H2,1-2H3;3-6H,1-2H2;1H2,2-3H3/b9-4+;;;. The summed E-state index contributed by atoms with van der Waals surface area (Å²) in [5, 5.41) is 1.51. The van der Waals surface area contributed by atoms with Crippen LogP contribution in [0.1, 0.15) is 105 Å². The Balaban J connectivity index is 0.000000685. The maximum absolute atomic E-state index is 11.7. The number of nitrogens with zero attached hydrogens (tertiary/aromatic N) is 3. The van der Waals surface area contributed by atoms with Crippen LogP contribution >= 0.6 is 34.8 Å². The number of Topliss-reactive ketones (excluding diaryl/α,β-unsaturated/α-hetero) is 5. The molecule has 0 aliphatic rings. The van der Waals surface area contributed by atoms with Gasteiger partial charge in [0.25, 0.3) is 0 Å². The van der Waals surface area contributed by atoms with Crippen LogP contribution in [0.5, 0.6) is 0 Å². The van der Waals surface area contributed by atoms with E-state index in [1.54, 1.807) is 57.4 Å². The van der Waals surface area contributed by atoms with Gasteiger partial charge in [0.15, 0.2) is 28.9 Å². The van der Waals surface area contributed by atoms with Crippen molar-refractivity contribution in [1.29, 1.82) is 0 Å². The largest absolute Gasteiger partial charge is 0.382 e. The fourth-order valence-electron chi connectivity index (χ4n) is 3.26. The molecule has 1 atom stereocenters. The summed E-state index contributed by atoms with van der Waals surface area (Å²) >= 11 is 17.2. The molecular formula is C38H44Cl3N3O7. The molecule has 51 heavy (non-hydrogen) atoms. The number of ether oxygens (including phenoxy) is 1. The fourth-order valence-corrected chi connectivity index (χ4v) is 3.74. The topological polar surface area (TPSA) is 150 Å². The van der Waals surface area contributed by atoms with Gasteiger partial charge >= 0.3 is 0 Å². The molecule has 0 bridgehead atoms. The molecule has 0 fully saturated rings. The minimum atomic E-state index is -0.158. The Morgan fingerprint density at radius 2 is 1.08 bits per heavy atom. The number of aromatic nitrogens is 3. The summed E-state index contributed by atoms with van der Waals surface area (Å²) in [6.45, 7) is 11.8. The van der Waals surface area contributed by atoms with Crippen molar-refractivity contribution in [2.75, 3.05) is 7.11 Å². The second-order valence-electron chi connectivity index (χ2n) is 11.0. The zero-order valence-electron chi connectivity index (χ0n) is 29.7. The number of rotatable bonds is 15. The van der Waals surface area contributed by atoms with Gasteiger partial charge in [-0.25, -0.2) is 0 Å². The van der Waals surface area contributed by atoms with Gasteiger partial charge in [-0.3, -0.25) is 38.9 Å². The molecule has 0 amide bonds. The molecule has 3 aromatic rings. The lowest BCUT2D eigenvalue weighted by molar-refractivity contribution is -0.114. The van der Waals surface area contributed by atoms with Crippen molar-refractivity contribution in [1.82, 2.24) is 15.0 Å². The Morgan fingerprint density at radius 3 is 1.39 bits per heavy atom. The van der Waals surface area contributed by atoms with E-state index in [4.69, 9.17) is 39.5 Å². The maximum Gasteiger partial charge on any atom is 0.181 e. The third-order valence-electron chi connectivity index (χ3n) is 6.67. The van der Waals surface area contributed by atoms with Crippen molar-refractivity contribution in [3.8, 4) is 0 Å². The Bertz CT molecular complexity index is 1660. The highest BCUT2D eigenvalue weighted by molar-refractivity contribution is 6.31. The van der Waals surface area contributed by atoms with Crippen LogP contribution in [-0.4, -0.2) is 63.4 Å². The molecule has 0 spiro atoms. The van der Waals surface area contributed by atoms with E-state index in [1.165, 1.54) is 38.5 Å². The third-order valence-corrected chi connectivity index (χ3v) is 7.38. The van der Waals surface area contributed by atoms with Crippen LogP contribution in [0.25, 0.3) is 0 Å². The quantitative estimate of drug-likeness (QED) is 0.0834. The van der Waals surface area contributed by atoms with Gasteiger partial charge in [0.2, 0.25) is 0 Å². The van der Waals surface area contributed by atoms with E-state index >= 15 is 0 Å². The molecule has 3 heterocycles. The number of carbonyl (C=O) groups excluding carboxylic acids is 6. The average molecular weight is 761 g/mol. The number of pyridine rings is 3. The second kappa shape index (κ2) is 26.6. The van der Waals surface area contributed by atoms with Crippen LogP contribution in [0.4, 0.5) is 0 Å². The van der Waals surface area contributed by atoms with Crippen LogP contribution in [0.3, 0.4) is 0 Å². The number of halogens is 3. The average Bonchev–Trinajstić information content (AvgIpc) is 3.10. The van der Waals surface area contributed by atoms with Crippen LogP contribution in [0.15, 0.2) is 78.8 Å². The molecular weight excluding hydrogens is 717 g/mol. The molecule has 10 nitrogen and oxygen atoms in total. The highest BCUT2D eigenvalue weighted by Gasteiger charge is 2.10. The number of methoxy groups -OCH3 is 1.